The molecule has 0 N–H and O–H groups in total. The Balaban J connectivity index is 1.58. The molecule has 2 aromatic heterocycles. The van der Waals surface area contributed by atoms with Gasteiger partial charge in [-0.05, 0) is 31.1 Å². The summed E-state index contributed by atoms with van der Waals surface area (Å²) >= 11 is 1.86. The second-order valence-electron chi connectivity index (χ2n) is 6.05. The van der Waals surface area contributed by atoms with Gasteiger partial charge in [0.2, 0.25) is 0 Å². The number of fused-ring (bicyclic) bond motifs is 1. The van der Waals surface area contributed by atoms with Gasteiger partial charge in [0.05, 0.1) is 18.3 Å². The summed E-state index contributed by atoms with van der Waals surface area (Å²) in [5.41, 5.74) is 2.15. The predicted octanol–water partition coefficient (Wildman–Crippen LogP) is 1.39. The van der Waals surface area contributed by atoms with Crippen LogP contribution in [0.5, 0.6) is 0 Å². The first kappa shape index (κ1) is 14.7. The zero-order chi connectivity index (χ0) is 15.8. The van der Waals surface area contributed by atoms with E-state index in [1.165, 1.54) is 0 Å². The van der Waals surface area contributed by atoms with E-state index in [4.69, 9.17) is 4.52 Å². The number of nitrogens with zero attached hydrogens (tertiary/aromatic N) is 5. The normalized spacial score (nSPS) is 20.7. The zero-order valence-corrected chi connectivity index (χ0v) is 13.9. The molecule has 1 unspecified atom stereocenters. The third-order valence-corrected chi connectivity index (χ3v) is 5.44. The molecule has 122 valence electrons. The fourth-order valence-corrected chi connectivity index (χ4v) is 4.22. The molecule has 0 bridgehead atoms. The Morgan fingerprint density at radius 3 is 3.22 bits per heavy atom. The van der Waals surface area contributed by atoms with Crippen molar-refractivity contribution in [3.8, 4) is 0 Å². The van der Waals surface area contributed by atoms with Crippen molar-refractivity contribution in [1.82, 2.24) is 19.9 Å². The van der Waals surface area contributed by atoms with Gasteiger partial charge in [-0.15, -0.1) is 0 Å². The van der Waals surface area contributed by atoms with Gasteiger partial charge in [0.25, 0.3) is 5.56 Å². The van der Waals surface area contributed by atoms with E-state index in [-0.39, 0.29) is 11.6 Å². The van der Waals surface area contributed by atoms with Gasteiger partial charge in [0.15, 0.2) is 5.82 Å². The van der Waals surface area contributed by atoms with Crippen molar-refractivity contribution in [3.05, 3.63) is 33.5 Å². The quantitative estimate of drug-likeness (QED) is 0.840. The summed E-state index contributed by atoms with van der Waals surface area (Å²) in [5, 5.41) is 8.47. The fourth-order valence-electron chi connectivity index (χ4n) is 3.26. The van der Waals surface area contributed by atoms with Crippen LogP contribution in [0.25, 0.3) is 0 Å². The Bertz CT molecular complexity index is 771. The van der Waals surface area contributed by atoms with Gasteiger partial charge in [-0.3, -0.25) is 4.79 Å². The van der Waals surface area contributed by atoms with Crippen LogP contribution in [0.4, 0.5) is 6.01 Å². The minimum atomic E-state index is -0.0141. The highest BCUT2D eigenvalue weighted by Crippen LogP contribution is 2.25. The molecule has 7 nitrogen and oxygen atoms in total. The maximum Gasteiger partial charge on any atom is 0.324 e. The molecule has 0 spiro atoms. The second-order valence-corrected chi connectivity index (χ2v) is 7.16. The molecule has 2 aromatic rings. The Morgan fingerprint density at radius 2 is 2.39 bits per heavy atom. The van der Waals surface area contributed by atoms with E-state index in [2.05, 4.69) is 20.1 Å². The maximum atomic E-state index is 12.3. The first-order valence-electron chi connectivity index (χ1n) is 7.95. The number of hydrogen-bond acceptors (Lipinski definition) is 7. The van der Waals surface area contributed by atoms with E-state index in [0.29, 0.717) is 18.4 Å². The minimum Gasteiger partial charge on any atom is -0.320 e. The lowest BCUT2D eigenvalue weighted by atomic mass is 10.2. The van der Waals surface area contributed by atoms with Crippen molar-refractivity contribution in [2.75, 3.05) is 17.2 Å². The molecule has 4 rings (SSSR count). The average molecular weight is 333 g/mol. The third kappa shape index (κ3) is 2.87. The molecule has 1 atom stereocenters. The first-order chi connectivity index (χ1) is 11.2. The van der Waals surface area contributed by atoms with E-state index in [1.807, 2.05) is 18.7 Å². The number of rotatable bonds is 3. The topological polar surface area (TPSA) is 77.0 Å². The van der Waals surface area contributed by atoms with E-state index in [9.17, 15) is 4.79 Å². The lowest BCUT2D eigenvalue weighted by Gasteiger charge is -2.23. The summed E-state index contributed by atoms with van der Waals surface area (Å²) in [7, 11) is 0. The number of aryl methyl sites for hydroxylation is 2. The Hall–Kier alpha value is -1.83. The van der Waals surface area contributed by atoms with Gasteiger partial charge in [0.1, 0.15) is 0 Å². The number of thioether (sulfide) groups is 1. The summed E-state index contributed by atoms with van der Waals surface area (Å²) in [4.78, 5) is 18.8. The van der Waals surface area contributed by atoms with Crippen LogP contribution in [-0.2, 0) is 18.7 Å². The van der Waals surface area contributed by atoms with Crippen LogP contribution >= 0.6 is 11.8 Å². The Labute approximate surface area is 138 Å². The Morgan fingerprint density at radius 1 is 1.48 bits per heavy atom. The summed E-state index contributed by atoms with van der Waals surface area (Å²) < 4.78 is 6.90. The van der Waals surface area contributed by atoms with Crippen LogP contribution in [0.15, 0.2) is 15.4 Å². The van der Waals surface area contributed by atoms with Crippen LogP contribution in [-0.4, -0.2) is 38.3 Å². The standard InChI is InChI=1S/C15H19N5O2S/c1-10-16-15(22-18-10)19-5-2-3-12(19)8-20-14(21)7-11-9-23-6-4-13(11)17-20/h7,12H,2-6,8-9H2,1H3. The molecule has 0 saturated carbocycles. The molecule has 0 radical (unpaired) electrons. The molecule has 1 saturated heterocycles. The molecule has 4 heterocycles. The van der Waals surface area contributed by atoms with Crippen LogP contribution in [0.1, 0.15) is 29.9 Å². The number of aromatic nitrogens is 4. The molecule has 23 heavy (non-hydrogen) atoms. The van der Waals surface area contributed by atoms with Crippen molar-refractivity contribution in [1.29, 1.82) is 0 Å². The molecular weight excluding hydrogens is 314 g/mol. The highest BCUT2D eigenvalue weighted by atomic mass is 32.2. The summed E-state index contributed by atoms with van der Waals surface area (Å²) in [6, 6.07) is 2.48. The first-order valence-corrected chi connectivity index (χ1v) is 9.11. The molecular formula is C15H19N5O2S. The minimum absolute atomic E-state index is 0.0141. The van der Waals surface area contributed by atoms with E-state index in [0.717, 1.165) is 48.6 Å². The van der Waals surface area contributed by atoms with Crippen molar-refractivity contribution < 1.29 is 4.52 Å². The third-order valence-electron chi connectivity index (χ3n) is 4.43. The van der Waals surface area contributed by atoms with Crippen LogP contribution in [0.2, 0.25) is 0 Å². The molecule has 0 aromatic carbocycles. The summed E-state index contributed by atoms with van der Waals surface area (Å²) in [5.74, 6) is 2.61. The Kier molecular flexibility index (Phi) is 3.84. The smallest absolute Gasteiger partial charge is 0.320 e. The van der Waals surface area contributed by atoms with Gasteiger partial charge in [-0.25, -0.2) is 4.68 Å². The van der Waals surface area contributed by atoms with Gasteiger partial charge in [-0.2, -0.15) is 21.8 Å². The largest absolute Gasteiger partial charge is 0.324 e. The summed E-state index contributed by atoms with van der Waals surface area (Å²) in [6.45, 7) is 3.26. The van der Waals surface area contributed by atoms with Gasteiger partial charge < -0.3 is 9.42 Å². The zero-order valence-electron chi connectivity index (χ0n) is 13.1. The maximum absolute atomic E-state index is 12.3. The SMILES string of the molecule is Cc1noc(N2CCCC2Cn2nc3c(cc2=O)CSCC3)n1. The number of anilines is 1. The van der Waals surface area contributed by atoms with Crippen LogP contribution in [0.3, 0.4) is 0 Å². The fraction of sp³-hybridized carbons (Fsp3) is 0.600. The van der Waals surface area contributed by atoms with Crippen molar-refractivity contribution in [2.24, 2.45) is 0 Å². The van der Waals surface area contributed by atoms with Gasteiger partial charge >= 0.3 is 6.01 Å². The lowest BCUT2D eigenvalue weighted by molar-refractivity contribution is 0.393. The van der Waals surface area contributed by atoms with Crippen LogP contribution in [0, 0.1) is 6.92 Å². The number of hydrogen-bond donors (Lipinski definition) is 0. The molecule has 2 aliphatic heterocycles. The van der Waals surface area contributed by atoms with Crippen molar-refractivity contribution in [2.45, 2.75) is 44.5 Å². The van der Waals surface area contributed by atoms with E-state index in [1.54, 1.807) is 10.7 Å². The summed E-state index contributed by atoms with van der Waals surface area (Å²) in [6.07, 6.45) is 3.00. The van der Waals surface area contributed by atoms with Gasteiger partial charge in [0, 0.05) is 24.8 Å². The van der Waals surface area contributed by atoms with Crippen molar-refractivity contribution in [3.63, 3.8) is 0 Å². The molecule has 0 amide bonds. The van der Waals surface area contributed by atoms with Gasteiger partial charge in [-0.1, -0.05) is 5.16 Å². The van der Waals surface area contributed by atoms with E-state index < -0.39 is 0 Å². The lowest BCUT2D eigenvalue weighted by Crippen LogP contribution is -2.38. The molecule has 2 aliphatic rings. The molecule has 0 aliphatic carbocycles. The second kappa shape index (κ2) is 5.99. The van der Waals surface area contributed by atoms with E-state index >= 15 is 0 Å². The molecule has 8 heteroatoms. The highest BCUT2D eigenvalue weighted by molar-refractivity contribution is 7.98. The molecule has 1 fully saturated rings. The highest BCUT2D eigenvalue weighted by Gasteiger charge is 2.29. The monoisotopic (exact) mass is 333 g/mol. The average Bonchev–Trinajstić information content (AvgIpc) is 3.16. The van der Waals surface area contributed by atoms with Crippen LogP contribution < -0.4 is 10.5 Å². The van der Waals surface area contributed by atoms with Crippen molar-refractivity contribution >= 4 is 17.8 Å². The predicted molar refractivity (Wildman–Crippen MR) is 87.8 cm³/mol.